The molecule has 5 nitrogen and oxygen atoms in total. The number of benzene rings is 1. The Bertz CT molecular complexity index is 523. The maximum Gasteiger partial charge on any atom is 0.322 e. The van der Waals surface area contributed by atoms with Crippen LogP contribution in [0.15, 0.2) is 18.2 Å². The van der Waals surface area contributed by atoms with Crippen molar-refractivity contribution in [1.82, 2.24) is 15.5 Å². The Kier molecular flexibility index (Phi) is 4.36. The largest absolute Gasteiger partial charge is 0.322 e. The highest BCUT2D eigenvalue weighted by Gasteiger charge is 2.42. The van der Waals surface area contributed by atoms with Gasteiger partial charge >= 0.3 is 6.03 Å². The summed E-state index contributed by atoms with van der Waals surface area (Å²) in [4.78, 5) is 15.0. The van der Waals surface area contributed by atoms with Crippen LogP contribution >= 0.6 is 0 Å². The number of aryl methyl sites for hydroxylation is 2. The van der Waals surface area contributed by atoms with Crippen molar-refractivity contribution >= 4 is 11.7 Å². The minimum Gasteiger partial charge on any atom is -0.317 e. The van der Waals surface area contributed by atoms with Crippen LogP contribution in [-0.2, 0) is 0 Å². The summed E-state index contributed by atoms with van der Waals surface area (Å²) >= 11 is 0. The third kappa shape index (κ3) is 2.83. The smallest absolute Gasteiger partial charge is 0.317 e. The molecule has 2 saturated heterocycles. The maximum atomic E-state index is 12.9. The van der Waals surface area contributed by atoms with Gasteiger partial charge in [-0.1, -0.05) is 18.2 Å². The Morgan fingerprint density at radius 2 is 1.82 bits per heavy atom. The topological polar surface area (TPSA) is 56.4 Å². The molecule has 3 rings (SSSR count). The highest BCUT2D eigenvalue weighted by Crippen LogP contribution is 2.29. The third-order valence-electron chi connectivity index (χ3n) is 5.03. The van der Waals surface area contributed by atoms with E-state index in [2.05, 4.69) is 20.9 Å². The first kappa shape index (κ1) is 15.3. The molecule has 2 aliphatic heterocycles. The first-order valence-corrected chi connectivity index (χ1v) is 8.19. The molecule has 0 saturated carbocycles. The number of hydrogen-bond acceptors (Lipinski definition) is 3. The molecule has 1 aromatic carbocycles. The number of para-hydroxylation sites is 1. The lowest BCUT2D eigenvalue weighted by Gasteiger charge is -2.49. The van der Waals surface area contributed by atoms with E-state index in [0.717, 1.165) is 62.4 Å². The van der Waals surface area contributed by atoms with E-state index < -0.39 is 0 Å². The molecule has 2 heterocycles. The molecule has 2 aliphatic rings. The summed E-state index contributed by atoms with van der Waals surface area (Å²) < 4.78 is 0. The van der Waals surface area contributed by atoms with Gasteiger partial charge in [0.05, 0.1) is 5.54 Å². The number of rotatable bonds is 1. The quantitative estimate of drug-likeness (QED) is 0.742. The number of nitrogens with zero attached hydrogens (tertiary/aromatic N) is 1. The Labute approximate surface area is 132 Å². The molecule has 1 aromatic rings. The summed E-state index contributed by atoms with van der Waals surface area (Å²) in [5, 5.41) is 10.0. The Balaban J connectivity index is 1.80. The van der Waals surface area contributed by atoms with E-state index in [-0.39, 0.29) is 11.6 Å². The van der Waals surface area contributed by atoms with Gasteiger partial charge in [0.15, 0.2) is 0 Å². The fourth-order valence-electron chi connectivity index (χ4n) is 3.69. The number of piperidine rings is 1. The molecule has 0 aliphatic carbocycles. The normalized spacial score (nSPS) is 20.9. The molecule has 0 radical (unpaired) electrons. The second-order valence-electron chi connectivity index (χ2n) is 6.50. The predicted molar refractivity (Wildman–Crippen MR) is 89.3 cm³/mol. The van der Waals surface area contributed by atoms with Crippen molar-refractivity contribution < 1.29 is 4.79 Å². The zero-order valence-electron chi connectivity index (χ0n) is 13.5. The first-order chi connectivity index (χ1) is 10.6. The molecular formula is C17H26N4O. The minimum atomic E-state index is -0.0375. The van der Waals surface area contributed by atoms with E-state index >= 15 is 0 Å². The van der Waals surface area contributed by atoms with Gasteiger partial charge in [-0.2, -0.15) is 0 Å². The SMILES string of the molecule is Cc1cccc(C)c1NC(=O)N1CCNCC12CCNCC2. The molecular weight excluding hydrogens is 276 g/mol. The van der Waals surface area contributed by atoms with Crippen LogP contribution in [-0.4, -0.2) is 49.2 Å². The summed E-state index contributed by atoms with van der Waals surface area (Å²) in [5.74, 6) is 0. The standard InChI is InChI=1S/C17H26N4O/c1-13-4-3-5-14(2)15(13)20-16(22)21-11-10-19-12-17(21)6-8-18-9-7-17/h3-5,18-19H,6-12H2,1-2H3,(H,20,22). The number of hydrogen-bond donors (Lipinski definition) is 3. The summed E-state index contributed by atoms with van der Waals surface area (Å²) in [7, 11) is 0. The van der Waals surface area contributed by atoms with Crippen LogP contribution in [0.2, 0.25) is 0 Å². The zero-order chi connectivity index (χ0) is 15.6. The number of anilines is 1. The number of nitrogens with one attached hydrogen (secondary N) is 3. The number of carbonyl (C=O) groups is 1. The second kappa shape index (κ2) is 6.26. The summed E-state index contributed by atoms with van der Waals surface area (Å²) in [6, 6.07) is 6.15. The van der Waals surface area contributed by atoms with Gasteiger partial charge in [0.25, 0.3) is 0 Å². The van der Waals surface area contributed by atoms with E-state index in [0.29, 0.717) is 0 Å². The summed E-state index contributed by atoms with van der Waals surface area (Å²) in [6.07, 6.45) is 2.03. The van der Waals surface area contributed by atoms with Gasteiger partial charge in [-0.3, -0.25) is 0 Å². The van der Waals surface area contributed by atoms with Gasteiger partial charge in [0, 0.05) is 25.3 Å². The lowest BCUT2D eigenvalue weighted by molar-refractivity contribution is 0.0690. The molecule has 2 amide bonds. The number of carbonyl (C=O) groups excluding carboxylic acids is 1. The van der Waals surface area contributed by atoms with Crippen molar-refractivity contribution in [2.24, 2.45) is 0 Å². The maximum absolute atomic E-state index is 12.9. The van der Waals surface area contributed by atoms with Gasteiger partial charge in [0.2, 0.25) is 0 Å². The molecule has 22 heavy (non-hydrogen) atoms. The highest BCUT2D eigenvalue weighted by molar-refractivity contribution is 5.91. The van der Waals surface area contributed by atoms with Gasteiger partial charge in [-0.15, -0.1) is 0 Å². The highest BCUT2D eigenvalue weighted by atomic mass is 16.2. The van der Waals surface area contributed by atoms with E-state index in [4.69, 9.17) is 0 Å². The van der Waals surface area contributed by atoms with Gasteiger partial charge < -0.3 is 20.9 Å². The van der Waals surface area contributed by atoms with Crippen molar-refractivity contribution in [2.75, 3.05) is 38.0 Å². The molecule has 0 aromatic heterocycles. The van der Waals surface area contributed by atoms with E-state index in [1.54, 1.807) is 0 Å². The van der Waals surface area contributed by atoms with Crippen LogP contribution in [0.5, 0.6) is 0 Å². The van der Waals surface area contributed by atoms with Crippen LogP contribution in [0.25, 0.3) is 0 Å². The van der Waals surface area contributed by atoms with E-state index in [1.807, 2.05) is 32.0 Å². The average Bonchev–Trinajstić information content (AvgIpc) is 2.52. The fourth-order valence-corrected chi connectivity index (χ4v) is 3.69. The van der Waals surface area contributed by atoms with Crippen LogP contribution < -0.4 is 16.0 Å². The number of piperazine rings is 1. The Morgan fingerprint density at radius 1 is 1.14 bits per heavy atom. The molecule has 0 atom stereocenters. The minimum absolute atomic E-state index is 0.0375. The van der Waals surface area contributed by atoms with Gasteiger partial charge in [0.1, 0.15) is 0 Å². The van der Waals surface area contributed by atoms with Crippen molar-refractivity contribution in [2.45, 2.75) is 32.2 Å². The first-order valence-electron chi connectivity index (χ1n) is 8.19. The number of urea groups is 1. The zero-order valence-corrected chi connectivity index (χ0v) is 13.5. The molecule has 1 spiro atoms. The summed E-state index contributed by atoms with van der Waals surface area (Å²) in [6.45, 7) is 8.59. The molecule has 120 valence electrons. The van der Waals surface area contributed by atoms with Crippen molar-refractivity contribution in [3.63, 3.8) is 0 Å². The van der Waals surface area contributed by atoms with Crippen molar-refractivity contribution in [3.05, 3.63) is 29.3 Å². The molecule has 3 N–H and O–H groups in total. The van der Waals surface area contributed by atoms with Crippen LogP contribution in [0, 0.1) is 13.8 Å². The lowest BCUT2D eigenvalue weighted by atomic mass is 9.85. The molecule has 0 bridgehead atoms. The van der Waals surface area contributed by atoms with E-state index in [9.17, 15) is 4.79 Å². The van der Waals surface area contributed by atoms with Crippen LogP contribution in [0.4, 0.5) is 10.5 Å². The Hall–Kier alpha value is -1.59. The van der Waals surface area contributed by atoms with Gasteiger partial charge in [-0.25, -0.2) is 4.79 Å². The Morgan fingerprint density at radius 3 is 2.50 bits per heavy atom. The predicted octanol–water partition coefficient (Wildman–Crippen LogP) is 1.86. The fraction of sp³-hybridized carbons (Fsp3) is 0.588. The molecule has 0 unspecified atom stereocenters. The molecule has 5 heteroatoms. The van der Waals surface area contributed by atoms with Crippen molar-refractivity contribution in [3.8, 4) is 0 Å². The lowest BCUT2D eigenvalue weighted by Crippen LogP contribution is -2.66. The molecule has 2 fully saturated rings. The van der Waals surface area contributed by atoms with Crippen LogP contribution in [0.1, 0.15) is 24.0 Å². The van der Waals surface area contributed by atoms with Crippen LogP contribution in [0.3, 0.4) is 0 Å². The van der Waals surface area contributed by atoms with Crippen molar-refractivity contribution in [1.29, 1.82) is 0 Å². The number of amides is 2. The van der Waals surface area contributed by atoms with Gasteiger partial charge in [-0.05, 0) is 50.9 Å². The monoisotopic (exact) mass is 302 g/mol. The summed E-state index contributed by atoms with van der Waals surface area (Å²) in [5.41, 5.74) is 3.14. The van der Waals surface area contributed by atoms with E-state index in [1.165, 1.54) is 0 Å². The second-order valence-corrected chi connectivity index (χ2v) is 6.50. The third-order valence-corrected chi connectivity index (χ3v) is 5.03. The average molecular weight is 302 g/mol.